The molecule has 1 aromatic rings. The SMILES string of the molecule is CN1CCNCC1c1nc(N)n(C(=S)S)n1. The molecule has 0 bridgehead atoms. The number of anilines is 1. The summed E-state index contributed by atoms with van der Waals surface area (Å²) in [5, 5.41) is 7.56. The van der Waals surface area contributed by atoms with Gasteiger partial charge < -0.3 is 11.1 Å². The number of nitrogens with one attached hydrogen (secondary N) is 1. The van der Waals surface area contributed by atoms with Gasteiger partial charge in [-0.05, 0) is 7.05 Å². The lowest BCUT2D eigenvalue weighted by Gasteiger charge is -2.30. The number of hydrogen-bond acceptors (Lipinski definition) is 6. The Morgan fingerprint density at radius 3 is 3.00 bits per heavy atom. The minimum absolute atomic E-state index is 0.139. The number of likely N-dealkylation sites (N-methyl/N-ethyl adjacent to an activating group) is 1. The van der Waals surface area contributed by atoms with E-state index in [1.165, 1.54) is 4.68 Å². The molecular weight excluding hydrogens is 244 g/mol. The van der Waals surface area contributed by atoms with Gasteiger partial charge in [0.2, 0.25) is 5.95 Å². The number of rotatable bonds is 1. The fraction of sp³-hybridized carbons (Fsp3) is 0.625. The molecular formula is C8H14N6S2. The molecule has 3 N–H and O–H groups in total. The van der Waals surface area contributed by atoms with E-state index in [1.54, 1.807) is 0 Å². The Labute approximate surface area is 105 Å². The maximum atomic E-state index is 5.71. The summed E-state index contributed by atoms with van der Waals surface area (Å²) < 4.78 is 1.68. The fourth-order valence-corrected chi connectivity index (χ4v) is 2.00. The van der Waals surface area contributed by atoms with Gasteiger partial charge in [0.25, 0.3) is 0 Å². The summed E-state index contributed by atoms with van der Waals surface area (Å²) in [5.41, 5.74) is 5.71. The summed E-state index contributed by atoms with van der Waals surface area (Å²) in [6, 6.07) is 0.139. The second kappa shape index (κ2) is 4.66. The van der Waals surface area contributed by atoms with Crippen LogP contribution in [0, 0.1) is 0 Å². The molecule has 0 amide bonds. The zero-order chi connectivity index (χ0) is 11.7. The van der Waals surface area contributed by atoms with Crippen LogP contribution in [0.3, 0.4) is 0 Å². The number of piperazine rings is 1. The summed E-state index contributed by atoms with van der Waals surface area (Å²) in [4.78, 5) is 6.41. The predicted octanol–water partition coefficient (Wildman–Crippen LogP) is -0.501. The maximum absolute atomic E-state index is 5.71. The zero-order valence-corrected chi connectivity index (χ0v) is 10.6. The Morgan fingerprint density at radius 1 is 1.69 bits per heavy atom. The van der Waals surface area contributed by atoms with Gasteiger partial charge in [0, 0.05) is 19.6 Å². The number of nitrogens with two attached hydrogens (primary N) is 1. The first-order valence-corrected chi connectivity index (χ1v) is 5.82. The minimum atomic E-state index is 0.139. The van der Waals surface area contributed by atoms with Crippen molar-refractivity contribution in [3.8, 4) is 0 Å². The van der Waals surface area contributed by atoms with Crippen LogP contribution in [0.25, 0.3) is 0 Å². The van der Waals surface area contributed by atoms with Gasteiger partial charge in [0.1, 0.15) is 0 Å². The van der Waals surface area contributed by atoms with E-state index in [-0.39, 0.29) is 12.0 Å². The van der Waals surface area contributed by atoms with E-state index in [9.17, 15) is 0 Å². The lowest BCUT2D eigenvalue weighted by molar-refractivity contribution is 0.194. The van der Waals surface area contributed by atoms with Gasteiger partial charge in [-0.3, -0.25) is 4.90 Å². The van der Waals surface area contributed by atoms with E-state index in [4.69, 9.17) is 18.0 Å². The first-order chi connectivity index (χ1) is 7.59. The molecule has 1 aliphatic rings. The van der Waals surface area contributed by atoms with Crippen LogP contribution in [0.2, 0.25) is 0 Å². The monoisotopic (exact) mass is 258 g/mol. The summed E-state index contributed by atoms with van der Waals surface area (Å²) in [6.07, 6.45) is 0. The number of thiol groups is 1. The molecule has 8 heteroatoms. The topological polar surface area (TPSA) is 72.0 Å². The lowest BCUT2D eigenvalue weighted by Crippen LogP contribution is -2.44. The standard InChI is InChI=1S/C8H14N6S2/c1-13-3-2-10-4-5(13)6-11-7(9)14(12-6)8(15)16/h5,10H,2-4H2,1H3,(H,15,16)(H2,9,11,12). The van der Waals surface area contributed by atoms with Gasteiger partial charge in [-0.1, -0.05) is 12.2 Å². The van der Waals surface area contributed by atoms with Crippen LogP contribution in [-0.2, 0) is 0 Å². The van der Waals surface area contributed by atoms with E-state index in [0.717, 1.165) is 19.6 Å². The van der Waals surface area contributed by atoms with Gasteiger partial charge in [-0.25, -0.2) is 0 Å². The Bertz CT molecular complexity index is 403. The molecule has 1 saturated heterocycles. The van der Waals surface area contributed by atoms with Crippen molar-refractivity contribution in [2.24, 2.45) is 0 Å². The van der Waals surface area contributed by atoms with E-state index in [0.29, 0.717) is 10.1 Å². The van der Waals surface area contributed by atoms with E-state index in [2.05, 4.69) is 32.9 Å². The van der Waals surface area contributed by atoms with Crippen LogP contribution in [0.15, 0.2) is 0 Å². The quantitative estimate of drug-likeness (QED) is 0.466. The van der Waals surface area contributed by atoms with Gasteiger partial charge in [0.15, 0.2) is 10.1 Å². The Kier molecular flexibility index (Phi) is 3.43. The minimum Gasteiger partial charge on any atom is -0.368 e. The Morgan fingerprint density at radius 2 is 2.44 bits per heavy atom. The van der Waals surface area contributed by atoms with Gasteiger partial charge in [0.05, 0.1) is 6.04 Å². The second-order valence-electron chi connectivity index (χ2n) is 3.72. The molecule has 0 radical (unpaired) electrons. The third kappa shape index (κ3) is 2.19. The smallest absolute Gasteiger partial charge is 0.224 e. The number of aromatic nitrogens is 3. The highest BCUT2D eigenvalue weighted by atomic mass is 32.1. The molecule has 0 spiro atoms. The first-order valence-electron chi connectivity index (χ1n) is 4.96. The van der Waals surface area contributed by atoms with Crippen molar-refractivity contribution in [2.75, 3.05) is 32.4 Å². The van der Waals surface area contributed by atoms with Gasteiger partial charge >= 0.3 is 0 Å². The Hall–Kier alpha value is -0.700. The fourth-order valence-electron chi connectivity index (χ4n) is 1.72. The largest absolute Gasteiger partial charge is 0.368 e. The van der Waals surface area contributed by atoms with Crippen molar-refractivity contribution < 1.29 is 0 Å². The highest BCUT2D eigenvalue weighted by molar-refractivity contribution is 8.11. The van der Waals surface area contributed by atoms with E-state index >= 15 is 0 Å². The molecule has 2 heterocycles. The van der Waals surface area contributed by atoms with Crippen LogP contribution in [0.4, 0.5) is 5.95 Å². The van der Waals surface area contributed by atoms with Crippen molar-refractivity contribution >= 4 is 35.1 Å². The van der Waals surface area contributed by atoms with Crippen molar-refractivity contribution in [3.05, 3.63) is 5.82 Å². The molecule has 1 aliphatic heterocycles. The number of nitrogens with zero attached hydrogens (tertiary/aromatic N) is 4. The van der Waals surface area contributed by atoms with Gasteiger partial charge in [-0.2, -0.15) is 9.67 Å². The molecule has 88 valence electrons. The first kappa shape index (κ1) is 11.8. The average molecular weight is 258 g/mol. The van der Waals surface area contributed by atoms with Crippen LogP contribution >= 0.6 is 24.8 Å². The molecule has 1 atom stereocenters. The van der Waals surface area contributed by atoms with Crippen LogP contribution < -0.4 is 11.1 Å². The van der Waals surface area contributed by atoms with Gasteiger partial charge in [-0.15, -0.1) is 17.7 Å². The molecule has 0 aliphatic carbocycles. The third-order valence-electron chi connectivity index (χ3n) is 2.64. The van der Waals surface area contributed by atoms with Crippen molar-refractivity contribution in [3.63, 3.8) is 0 Å². The summed E-state index contributed by atoms with van der Waals surface area (Å²) in [6.45, 7) is 2.76. The summed E-state index contributed by atoms with van der Waals surface area (Å²) >= 11 is 8.95. The summed E-state index contributed by atoms with van der Waals surface area (Å²) in [5.74, 6) is 0.970. The van der Waals surface area contributed by atoms with Crippen LogP contribution in [0.5, 0.6) is 0 Å². The van der Waals surface area contributed by atoms with Crippen LogP contribution in [-0.4, -0.2) is 50.7 Å². The summed E-state index contributed by atoms with van der Waals surface area (Å²) in [7, 11) is 2.04. The predicted molar refractivity (Wildman–Crippen MR) is 69.7 cm³/mol. The van der Waals surface area contributed by atoms with Crippen LogP contribution in [0.1, 0.15) is 11.9 Å². The lowest BCUT2D eigenvalue weighted by atomic mass is 10.2. The third-order valence-corrected chi connectivity index (χ3v) is 3.00. The Balaban J connectivity index is 2.26. The second-order valence-corrected chi connectivity index (χ2v) is 4.84. The average Bonchev–Trinajstić information content (AvgIpc) is 2.61. The van der Waals surface area contributed by atoms with Crippen molar-refractivity contribution in [2.45, 2.75) is 6.04 Å². The molecule has 1 unspecified atom stereocenters. The number of thiocarbonyl (C=S) groups is 1. The number of hydrogen-bond donors (Lipinski definition) is 3. The molecule has 1 aromatic heterocycles. The van der Waals surface area contributed by atoms with E-state index in [1.807, 2.05) is 7.05 Å². The number of nitrogen functional groups attached to an aromatic ring is 1. The molecule has 16 heavy (non-hydrogen) atoms. The molecule has 0 saturated carbocycles. The highest BCUT2D eigenvalue weighted by Crippen LogP contribution is 2.18. The molecule has 6 nitrogen and oxygen atoms in total. The zero-order valence-electron chi connectivity index (χ0n) is 8.92. The maximum Gasteiger partial charge on any atom is 0.224 e. The molecule has 0 aromatic carbocycles. The highest BCUT2D eigenvalue weighted by Gasteiger charge is 2.25. The molecule has 1 fully saturated rings. The van der Waals surface area contributed by atoms with E-state index < -0.39 is 0 Å². The van der Waals surface area contributed by atoms with Crippen molar-refractivity contribution in [1.82, 2.24) is 25.0 Å². The normalized spacial score (nSPS) is 22.2. The van der Waals surface area contributed by atoms with Crippen molar-refractivity contribution in [1.29, 1.82) is 0 Å². The molecule has 2 rings (SSSR count).